The SMILES string of the molecule is NC(=O)/C=C/c1c[nH]c2ncc(-c3ccc(C(=O)c4ccccc4)cc3)nc12. The quantitative estimate of drug-likeness (QED) is 0.416. The van der Waals surface area contributed by atoms with Gasteiger partial charge < -0.3 is 10.7 Å². The number of benzene rings is 2. The third-order valence-electron chi connectivity index (χ3n) is 4.32. The lowest BCUT2D eigenvalue weighted by atomic mass is 10.0. The maximum Gasteiger partial charge on any atom is 0.241 e. The molecule has 136 valence electrons. The smallest absolute Gasteiger partial charge is 0.241 e. The maximum atomic E-state index is 12.5. The summed E-state index contributed by atoms with van der Waals surface area (Å²) in [6.45, 7) is 0. The zero-order chi connectivity index (χ0) is 19.5. The first-order chi connectivity index (χ1) is 13.6. The van der Waals surface area contributed by atoms with Crippen molar-refractivity contribution in [3.8, 4) is 11.3 Å². The Morgan fingerprint density at radius 2 is 1.68 bits per heavy atom. The van der Waals surface area contributed by atoms with Crippen LogP contribution in [0.2, 0.25) is 0 Å². The number of carbonyl (C=O) groups is 2. The van der Waals surface area contributed by atoms with Gasteiger partial charge in [-0.15, -0.1) is 0 Å². The number of aromatic nitrogens is 3. The Hall–Kier alpha value is -4.06. The Morgan fingerprint density at radius 3 is 2.39 bits per heavy atom. The fourth-order valence-corrected chi connectivity index (χ4v) is 2.90. The van der Waals surface area contributed by atoms with Crippen LogP contribution in [0.3, 0.4) is 0 Å². The number of hydrogen-bond acceptors (Lipinski definition) is 4. The summed E-state index contributed by atoms with van der Waals surface area (Å²) in [7, 11) is 0. The Kier molecular flexibility index (Phi) is 4.51. The minimum Gasteiger partial charge on any atom is -0.366 e. The third-order valence-corrected chi connectivity index (χ3v) is 4.32. The molecule has 0 aliphatic carbocycles. The summed E-state index contributed by atoms with van der Waals surface area (Å²) >= 11 is 0. The molecule has 0 fully saturated rings. The van der Waals surface area contributed by atoms with E-state index in [4.69, 9.17) is 5.73 Å². The van der Waals surface area contributed by atoms with Gasteiger partial charge in [-0.2, -0.15) is 0 Å². The molecule has 0 saturated heterocycles. The molecule has 3 N–H and O–H groups in total. The summed E-state index contributed by atoms with van der Waals surface area (Å²) in [5.74, 6) is -0.560. The molecule has 0 atom stereocenters. The second-order valence-electron chi connectivity index (χ2n) is 6.20. The average molecular weight is 368 g/mol. The second kappa shape index (κ2) is 7.28. The van der Waals surface area contributed by atoms with Gasteiger partial charge in [0.05, 0.1) is 11.9 Å². The van der Waals surface area contributed by atoms with Crippen LogP contribution in [0, 0.1) is 0 Å². The van der Waals surface area contributed by atoms with Gasteiger partial charge in [0.15, 0.2) is 11.4 Å². The van der Waals surface area contributed by atoms with E-state index in [0.717, 1.165) is 11.1 Å². The lowest BCUT2D eigenvalue weighted by Crippen LogP contribution is -2.05. The fourth-order valence-electron chi connectivity index (χ4n) is 2.90. The van der Waals surface area contributed by atoms with Crippen molar-refractivity contribution in [3.05, 3.63) is 89.8 Å². The number of amides is 1. The molecule has 2 heterocycles. The van der Waals surface area contributed by atoms with Gasteiger partial charge in [-0.05, 0) is 6.08 Å². The normalized spacial score (nSPS) is 11.1. The van der Waals surface area contributed by atoms with Gasteiger partial charge in [-0.3, -0.25) is 9.59 Å². The predicted molar refractivity (Wildman–Crippen MR) is 107 cm³/mol. The zero-order valence-electron chi connectivity index (χ0n) is 14.8. The van der Waals surface area contributed by atoms with Gasteiger partial charge in [0.1, 0.15) is 5.52 Å². The van der Waals surface area contributed by atoms with E-state index in [1.165, 1.54) is 6.08 Å². The van der Waals surface area contributed by atoms with E-state index in [1.54, 1.807) is 42.7 Å². The number of H-pyrrole nitrogens is 1. The van der Waals surface area contributed by atoms with Crippen molar-refractivity contribution in [1.82, 2.24) is 15.0 Å². The molecule has 4 aromatic rings. The molecule has 0 unspecified atom stereocenters. The number of nitrogens with two attached hydrogens (primary N) is 1. The number of rotatable bonds is 5. The van der Waals surface area contributed by atoms with Gasteiger partial charge >= 0.3 is 0 Å². The lowest BCUT2D eigenvalue weighted by molar-refractivity contribution is -0.113. The number of fused-ring (bicyclic) bond motifs is 1. The van der Waals surface area contributed by atoms with Crippen LogP contribution in [0.15, 0.2) is 73.1 Å². The van der Waals surface area contributed by atoms with Gasteiger partial charge in [-0.1, -0.05) is 54.6 Å². The summed E-state index contributed by atoms with van der Waals surface area (Å²) < 4.78 is 0. The first-order valence-electron chi connectivity index (χ1n) is 8.63. The zero-order valence-corrected chi connectivity index (χ0v) is 14.8. The van der Waals surface area contributed by atoms with E-state index in [0.29, 0.717) is 28.0 Å². The number of nitrogens with zero attached hydrogens (tertiary/aromatic N) is 2. The third kappa shape index (κ3) is 3.43. The number of aromatic amines is 1. The standard InChI is InChI=1S/C22H16N4O2/c23-19(27)11-10-17-12-24-22-20(17)26-18(13-25-22)14-6-8-16(9-7-14)21(28)15-4-2-1-3-5-15/h1-13H,(H2,23,27)(H,24,25)/b11-10+. The van der Waals surface area contributed by atoms with Crippen LogP contribution < -0.4 is 5.73 Å². The molecule has 0 bridgehead atoms. The van der Waals surface area contributed by atoms with Crippen LogP contribution in [0.25, 0.3) is 28.5 Å². The van der Waals surface area contributed by atoms with E-state index in [1.807, 2.05) is 30.3 Å². The summed E-state index contributed by atoms with van der Waals surface area (Å²) in [4.78, 5) is 35.5. The molecule has 0 radical (unpaired) electrons. The largest absolute Gasteiger partial charge is 0.366 e. The fraction of sp³-hybridized carbons (Fsp3) is 0. The van der Waals surface area contributed by atoms with E-state index in [2.05, 4.69) is 15.0 Å². The average Bonchev–Trinajstić information content (AvgIpc) is 3.14. The highest BCUT2D eigenvalue weighted by molar-refractivity contribution is 6.09. The summed E-state index contributed by atoms with van der Waals surface area (Å²) in [5.41, 5.74) is 9.89. The molecule has 0 saturated carbocycles. The molecule has 2 aromatic carbocycles. The monoisotopic (exact) mass is 368 g/mol. The van der Waals surface area contributed by atoms with Crippen molar-refractivity contribution >= 4 is 28.9 Å². The van der Waals surface area contributed by atoms with E-state index < -0.39 is 5.91 Å². The molecule has 2 aromatic heterocycles. The first kappa shape index (κ1) is 17.4. The highest BCUT2D eigenvalue weighted by Gasteiger charge is 2.11. The first-order valence-corrected chi connectivity index (χ1v) is 8.63. The van der Waals surface area contributed by atoms with Crippen LogP contribution in [0.5, 0.6) is 0 Å². The van der Waals surface area contributed by atoms with Crippen LogP contribution in [0.4, 0.5) is 0 Å². The van der Waals surface area contributed by atoms with Crippen molar-refractivity contribution in [2.45, 2.75) is 0 Å². The summed E-state index contributed by atoms with van der Waals surface area (Å²) in [6, 6.07) is 16.4. The predicted octanol–water partition coefficient (Wildman–Crippen LogP) is 3.35. The summed E-state index contributed by atoms with van der Waals surface area (Å²) in [5, 5.41) is 0. The van der Waals surface area contributed by atoms with Gasteiger partial charge in [0.25, 0.3) is 0 Å². The van der Waals surface area contributed by atoms with Crippen LogP contribution >= 0.6 is 0 Å². The van der Waals surface area contributed by atoms with E-state index in [9.17, 15) is 9.59 Å². The number of carbonyl (C=O) groups excluding carboxylic acids is 2. The highest BCUT2D eigenvalue weighted by Crippen LogP contribution is 2.23. The molecule has 0 aliphatic heterocycles. The Labute approximate surface area is 160 Å². The molecular formula is C22H16N4O2. The topological polar surface area (TPSA) is 102 Å². The number of hydrogen-bond donors (Lipinski definition) is 2. The van der Waals surface area contributed by atoms with Crippen molar-refractivity contribution in [2.24, 2.45) is 5.73 Å². The Bertz CT molecular complexity index is 1190. The molecule has 4 rings (SSSR count). The molecule has 28 heavy (non-hydrogen) atoms. The lowest BCUT2D eigenvalue weighted by Gasteiger charge is -2.04. The van der Waals surface area contributed by atoms with Crippen LogP contribution in [0.1, 0.15) is 21.5 Å². The summed E-state index contributed by atoms with van der Waals surface area (Å²) in [6.07, 6.45) is 6.26. The minimum absolute atomic E-state index is 0.0294. The molecular weight excluding hydrogens is 352 g/mol. The maximum absolute atomic E-state index is 12.5. The highest BCUT2D eigenvalue weighted by atomic mass is 16.1. The molecule has 0 spiro atoms. The van der Waals surface area contributed by atoms with Crippen LogP contribution in [-0.4, -0.2) is 26.6 Å². The molecule has 6 nitrogen and oxygen atoms in total. The van der Waals surface area contributed by atoms with Crippen molar-refractivity contribution in [3.63, 3.8) is 0 Å². The molecule has 0 aliphatic rings. The van der Waals surface area contributed by atoms with Gasteiger partial charge in [-0.25, -0.2) is 9.97 Å². The van der Waals surface area contributed by atoms with E-state index in [-0.39, 0.29) is 5.78 Å². The van der Waals surface area contributed by atoms with Gasteiger partial charge in [0, 0.05) is 34.5 Å². The number of nitrogens with one attached hydrogen (secondary N) is 1. The van der Waals surface area contributed by atoms with Crippen molar-refractivity contribution < 1.29 is 9.59 Å². The number of ketones is 1. The van der Waals surface area contributed by atoms with Crippen LogP contribution in [-0.2, 0) is 4.79 Å². The second-order valence-corrected chi connectivity index (χ2v) is 6.20. The Balaban J connectivity index is 1.65. The van der Waals surface area contributed by atoms with Crippen molar-refractivity contribution in [1.29, 1.82) is 0 Å². The molecule has 6 heteroatoms. The number of primary amides is 1. The van der Waals surface area contributed by atoms with Gasteiger partial charge in [0.2, 0.25) is 5.91 Å². The van der Waals surface area contributed by atoms with E-state index >= 15 is 0 Å². The van der Waals surface area contributed by atoms with Crippen molar-refractivity contribution in [2.75, 3.05) is 0 Å². The molecule has 1 amide bonds. The Morgan fingerprint density at radius 1 is 0.964 bits per heavy atom. The minimum atomic E-state index is -0.530.